The van der Waals surface area contributed by atoms with Gasteiger partial charge in [-0.1, -0.05) is 54.6 Å². The quantitative estimate of drug-likeness (QED) is 0.227. The molecule has 3 aromatic carbocycles. The van der Waals surface area contributed by atoms with E-state index in [-0.39, 0.29) is 13.0 Å². The molecule has 0 saturated heterocycles. The van der Waals surface area contributed by atoms with Gasteiger partial charge in [0.15, 0.2) is 0 Å². The summed E-state index contributed by atoms with van der Waals surface area (Å²) in [7, 11) is 0. The molecule has 0 fully saturated rings. The molecule has 0 saturated carbocycles. The maximum atomic E-state index is 12.1. The number of carbonyl (C=O) groups is 2. The van der Waals surface area contributed by atoms with Crippen LogP contribution in [0.3, 0.4) is 0 Å². The standard InChI is InChI=1S/C31H32N2O6/c1-22-28(33-30(39-22)25-10-6-3-7-11-25)17-19-37-27-14-12-24(13-15-29(34)35)26(20-27)16-18-32-31(36)38-21-23-8-4-2-5-9-23/h2-12,14,20H,13,15-19,21H2,1H3,(H,32,36)(H,34,35). The van der Waals surface area contributed by atoms with Crippen LogP contribution in [0.25, 0.3) is 11.5 Å². The van der Waals surface area contributed by atoms with E-state index in [9.17, 15) is 9.59 Å². The van der Waals surface area contributed by atoms with Crippen LogP contribution in [0, 0.1) is 6.92 Å². The van der Waals surface area contributed by atoms with Crippen molar-refractivity contribution < 1.29 is 28.6 Å². The van der Waals surface area contributed by atoms with Gasteiger partial charge in [0, 0.05) is 24.9 Å². The largest absolute Gasteiger partial charge is 0.493 e. The Morgan fingerprint density at radius 2 is 1.67 bits per heavy atom. The third kappa shape index (κ3) is 8.46. The summed E-state index contributed by atoms with van der Waals surface area (Å²) < 4.78 is 17.1. The zero-order valence-corrected chi connectivity index (χ0v) is 21.9. The van der Waals surface area contributed by atoms with E-state index in [0.717, 1.165) is 33.7 Å². The highest BCUT2D eigenvalue weighted by Gasteiger charge is 2.13. The molecule has 0 aliphatic rings. The van der Waals surface area contributed by atoms with Crippen molar-refractivity contribution in [3.05, 3.63) is 107 Å². The minimum atomic E-state index is -0.859. The Kier molecular flexibility index (Phi) is 9.72. The van der Waals surface area contributed by atoms with Gasteiger partial charge in [-0.15, -0.1) is 0 Å². The van der Waals surface area contributed by atoms with E-state index >= 15 is 0 Å². The lowest BCUT2D eigenvalue weighted by molar-refractivity contribution is -0.136. The zero-order valence-electron chi connectivity index (χ0n) is 21.9. The smallest absolute Gasteiger partial charge is 0.407 e. The molecule has 0 atom stereocenters. The van der Waals surface area contributed by atoms with E-state index in [4.69, 9.17) is 19.0 Å². The lowest BCUT2D eigenvalue weighted by atomic mass is 10.00. The maximum absolute atomic E-state index is 12.1. The van der Waals surface area contributed by atoms with Crippen molar-refractivity contribution >= 4 is 12.1 Å². The first-order valence-corrected chi connectivity index (χ1v) is 12.9. The second-order valence-electron chi connectivity index (χ2n) is 9.05. The van der Waals surface area contributed by atoms with E-state index < -0.39 is 12.1 Å². The fourth-order valence-electron chi connectivity index (χ4n) is 4.11. The Hall–Kier alpha value is -4.59. The summed E-state index contributed by atoms with van der Waals surface area (Å²) in [6.45, 7) is 2.83. The van der Waals surface area contributed by atoms with Crippen LogP contribution in [0.5, 0.6) is 5.75 Å². The van der Waals surface area contributed by atoms with Gasteiger partial charge in [0.05, 0.1) is 12.3 Å². The number of aromatic nitrogens is 1. The highest BCUT2D eigenvalue weighted by Crippen LogP contribution is 2.23. The SMILES string of the molecule is Cc1oc(-c2ccccc2)nc1CCOc1ccc(CCC(=O)O)c(CCNC(=O)OCc2ccccc2)c1. The van der Waals surface area contributed by atoms with Crippen LogP contribution in [0.1, 0.15) is 34.6 Å². The topological polar surface area (TPSA) is 111 Å². The third-order valence-corrected chi connectivity index (χ3v) is 6.18. The van der Waals surface area contributed by atoms with Gasteiger partial charge in [-0.2, -0.15) is 0 Å². The van der Waals surface area contributed by atoms with Crippen molar-refractivity contribution in [2.24, 2.45) is 0 Å². The fourth-order valence-corrected chi connectivity index (χ4v) is 4.11. The molecule has 8 heteroatoms. The number of carboxylic acids is 1. The average Bonchev–Trinajstić information content (AvgIpc) is 3.32. The summed E-state index contributed by atoms with van der Waals surface area (Å²) in [5.74, 6) is 1.15. The molecule has 4 rings (SSSR count). The molecular weight excluding hydrogens is 496 g/mol. The minimum absolute atomic E-state index is 0.0228. The maximum Gasteiger partial charge on any atom is 0.407 e. The molecule has 39 heavy (non-hydrogen) atoms. The number of oxazole rings is 1. The van der Waals surface area contributed by atoms with Gasteiger partial charge >= 0.3 is 12.1 Å². The number of alkyl carbamates (subject to hydrolysis) is 1. The van der Waals surface area contributed by atoms with Gasteiger partial charge in [-0.05, 0) is 60.7 Å². The molecule has 8 nitrogen and oxygen atoms in total. The summed E-state index contributed by atoms with van der Waals surface area (Å²) in [6.07, 6.45) is 0.998. The number of hydrogen-bond acceptors (Lipinski definition) is 6. The minimum Gasteiger partial charge on any atom is -0.493 e. The predicted molar refractivity (Wildman–Crippen MR) is 147 cm³/mol. The normalized spacial score (nSPS) is 10.7. The second kappa shape index (κ2) is 13.8. The first-order chi connectivity index (χ1) is 19.0. The number of amides is 1. The number of aryl methyl sites for hydroxylation is 2. The highest BCUT2D eigenvalue weighted by atomic mass is 16.5. The second-order valence-corrected chi connectivity index (χ2v) is 9.05. The molecule has 0 radical (unpaired) electrons. The van der Waals surface area contributed by atoms with Crippen LogP contribution in [0.2, 0.25) is 0 Å². The van der Waals surface area contributed by atoms with Crippen LogP contribution in [0.4, 0.5) is 4.79 Å². The molecule has 0 bridgehead atoms. The van der Waals surface area contributed by atoms with E-state index in [2.05, 4.69) is 10.3 Å². The van der Waals surface area contributed by atoms with Gasteiger partial charge in [-0.25, -0.2) is 9.78 Å². The van der Waals surface area contributed by atoms with Crippen molar-refractivity contribution in [1.29, 1.82) is 0 Å². The Morgan fingerprint density at radius 3 is 2.41 bits per heavy atom. The molecule has 202 valence electrons. The number of aliphatic carboxylic acids is 1. The molecule has 0 aliphatic heterocycles. The Labute approximate surface area is 227 Å². The number of nitrogens with one attached hydrogen (secondary N) is 1. The van der Waals surface area contributed by atoms with Crippen molar-refractivity contribution in [3.8, 4) is 17.2 Å². The summed E-state index contributed by atoms with van der Waals surface area (Å²) in [4.78, 5) is 27.9. The lowest BCUT2D eigenvalue weighted by Gasteiger charge is -2.13. The van der Waals surface area contributed by atoms with Crippen LogP contribution in [0.15, 0.2) is 83.3 Å². The first-order valence-electron chi connectivity index (χ1n) is 12.9. The molecule has 1 aromatic heterocycles. The average molecular weight is 529 g/mol. The lowest BCUT2D eigenvalue weighted by Crippen LogP contribution is -2.26. The number of nitrogens with zero attached hydrogens (tertiary/aromatic N) is 1. The molecular formula is C31H32N2O6. The van der Waals surface area contributed by atoms with Crippen molar-refractivity contribution in [3.63, 3.8) is 0 Å². The zero-order chi connectivity index (χ0) is 27.5. The number of carboxylic acid groups (broad SMARTS) is 1. The van der Waals surface area contributed by atoms with Crippen LogP contribution in [-0.4, -0.2) is 35.3 Å². The van der Waals surface area contributed by atoms with Crippen molar-refractivity contribution in [2.45, 2.75) is 39.2 Å². The summed E-state index contributed by atoms with van der Waals surface area (Å²) in [5.41, 5.74) is 4.49. The van der Waals surface area contributed by atoms with Crippen LogP contribution >= 0.6 is 0 Å². The molecule has 4 aromatic rings. The van der Waals surface area contributed by atoms with Gasteiger partial charge < -0.3 is 24.3 Å². The summed E-state index contributed by atoms with van der Waals surface area (Å²) in [6, 6.07) is 24.8. The number of hydrogen-bond donors (Lipinski definition) is 2. The third-order valence-electron chi connectivity index (χ3n) is 6.18. The monoisotopic (exact) mass is 528 g/mol. The van der Waals surface area contributed by atoms with Gasteiger partial charge in [0.1, 0.15) is 18.1 Å². The number of carbonyl (C=O) groups excluding carboxylic acids is 1. The van der Waals surface area contributed by atoms with E-state index in [0.29, 0.717) is 44.1 Å². The number of benzene rings is 3. The summed E-state index contributed by atoms with van der Waals surface area (Å²) in [5, 5.41) is 11.9. The van der Waals surface area contributed by atoms with Crippen LogP contribution in [-0.2, 0) is 35.4 Å². The van der Waals surface area contributed by atoms with Gasteiger partial charge in [0.25, 0.3) is 0 Å². The Morgan fingerprint density at radius 1 is 0.923 bits per heavy atom. The molecule has 1 amide bonds. The van der Waals surface area contributed by atoms with E-state index in [1.807, 2.05) is 85.8 Å². The number of ether oxygens (including phenoxy) is 2. The van der Waals surface area contributed by atoms with Crippen molar-refractivity contribution in [2.75, 3.05) is 13.2 Å². The molecule has 0 unspecified atom stereocenters. The van der Waals surface area contributed by atoms with E-state index in [1.54, 1.807) is 0 Å². The predicted octanol–water partition coefficient (Wildman–Crippen LogP) is 5.76. The highest BCUT2D eigenvalue weighted by molar-refractivity contribution is 5.67. The van der Waals surface area contributed by atoms with Gasteiger partial charge in [-0.3, -0.25) is 4.79 Å². The van der Waals surface area contributed by atoms with Crippen molar-refractivity contribution in [1.82, 2.24) is 10.3 Å². The summed E-state index contributed by atoms with van der Waals surface area (Å²) >= 11 is 0. The first kappa shape index (κ1) is 27.4. The molecule has 0 spiro atoms. The molecule has 1 heterocycles. The molecule has 0 aliphatic carbocycles. The van der Waals surface area contributed by atoms with E-state index in [1.165, 1.54) is 0 Å². The fraction of sp³-hybridized carbons (Fsp3) is 0.258. The Bertz CT molecular complexity index is 1370. The van der Waals surface area contributed by atoms with Crippen LogP contribution < -0.4 is 10.1 Å². The Balaban J connectivity index is 1.32. The molecule has 2 N–H and O–H groups in total. The van der Waals surface area contributed by atoms with Gasteiger partial charge in [0.2, 0.25) is 5.89 Å². The number of rotatable bonds is 13.